The summed E-state index contributed by atoms with van der Waals surface area (Å²) in [5, 5.41) is 10.6. The predicted octanol–water partition coefficient (Wildman–Crippen LogP) is 4.76. The highest BCUT2D eigenvalue weighted by Gasteiger charge is 2.77. The summed E-state index contributed by atoms with van der Waals surface area (Å²) >= 11 is 1.68. The Morgan fingerprint density at radius 1 is 1.17 bits per heavy atom. The number of hydrogen-bond donors (Lipinski definition) is 1. The third kappa shape index (κ3) is 5.34. The van der Waals surface area contributed by atoms with E-state index in [0.29, 0.717) is 19.6 Å². The van der Waals surface area contributed by atoms with Gasteiger partial charge in [0.15, 0.2) is 0 Å². The van der Waals surface area contributed by atoms with Crippen LogP contribution in [0.3, 0.4) is 0 Å². The van der Waals surface area contributed by atoms with Crippen LogP contribution in [-0.4, -0.2) is 84.8 Å². The van der Waals surface area contributed by atoms with Crippen LogP contribution in [0.4, 0.5) is 0 Å². The van der Waals surface area contributed by atoms with E-state index in [9.17, 15) is 19.5 Å². The van der Waals surface area contributed by atoms with Crippen LogP contribution in [0.5, 0.6) is 0 Å². The number of carbonyl (C=O) groups is 3. The molecule has 1 spiro atoms. The van der Waals surface area contributed by atoms with E-state index in [1.165, 1.54) is 0 Å². The standard InChI is InChI=1S/C34H49N3O4S/c1-9-17-35(20-24-15-13-12-14-16-24)30(39)27-26-19-23(5)34(42-26)28(27)31(40)37(25(21-38)22(4)11-3)29(34)32(41)36(18-10-2)33(6,7)8/h9-10,12-16,22-23,25-29,38H,1-2,11,17-21H2,3-8H3/t22-,23?,25-,26+,27-,28-,29?,34?/m0/s1. The number of thioether (sulfide) groups is 1. The average Bonchev–Trinajstić information content (AvgIpc) is 3.55. The highest BCUT2D eigenvalue weighted by Crippen LogP contribution is 2.69. The second-order valence-corrected chi connectivity index (χ2v) is 14.9. The van der Waals surface area contributed by atoms with Crippen molar-refractivity contribution in [2.75, 3.05) is 19.7 Å². The van der Waals surface area contributed by atoms with Gasteiger partial charge in [0.1, 0.15) is 6.04 Å². The zero-order valence-electron chi connectivity index (χ0n) is 26.2. The number of hydrogen-bond acceptors (Lipinski definition) is 5. The molecular formula is C34H49N3O4S. The van der Waals surface area contributed by atoms with E-state index in [2.05, 4.69) is 20.1 Å². The summed E-state index contributed by atoms with van der Waals surface area (Å²) in [5.41, 5.74) is 0.511. The highest BCUT2D eigenvalue weighted by atomic mass is 32.2. The van der Waals surface area contributed by atoms with Gasteiger partial charge in [-0.15, -0.1) is 24.9 Å². The number of aliphatic hydroxyl groups excluding tert-OH is 1. The smallest absolute Gasteiger partial charge is 0.247 e. The molecule has 42 heavy (non-hydrogen) atoms. The van der Waals surface area contributed by atoms with E-state index in [4.69, 9.17) is 0 Å². The summed E-state index contributed by atoms with van der Waals surface area (Å²) in [6.07, 6.45) is 4.97. The summed E-state index contributed by atoms with van der Waals surface area (Å²) in [6.45, 7) is 20.9. The molecule has 1 aromatic rings. The van der Waals surface area contributed by atoms with Crippen molar-refractivity contribution in [1.29, 1.82) is 0 Å². The van der Waals surface area contributed by atoms with Gasteiger partial charge in [-0.3, -0.25) is 14.4 Å². The molecule has 3 aliphatic rings. The Morgan fingerprint density at radius 3 is 2.36 bits per heavy atom. The second-order valence-electron chi connectivity index (χ2n) is 13.3. The molecule has 8 atom stereocenters. The minimum atomic E-state index is -0.773. The van der Waals surface area contributed by atoms with Crippen LogP contribution in [0, 0.1) is 23.7 Å². The summed E-state index contributed by atoms with van der Waals surface area (Å²) in [6, 6.07) is 8.57. The molecular weight excluding hydrogens is 546 g/mol. The molecule has 0 radical (unpaired) electrons. The average molecular weight is 596 g/mol. The zero-order valence-corrected chi connectivity index (χ0v) is 27.0. The van der Waals surface area contributed by atoms with Crippen LogP contribution in [0.2, 0.25) is 0 Å². The number of benzene rings is 1. The van der Waals surface area contributed by atoms with Crippen molar-refractivity contribution in [1.82, 2.24) is 14.7 Å². The number of aliphatic hydroxyl groups is 1. The fourth-order valence-electron chi connectivity index (χ4n) is 7.57. The Bertz CT molecular complexity index is 1180. The van der Waals surface area contributed by atoms with E-state index in [0.717, 1.165) is 18.4 Å². The second kappa shape index (κ2) is 12.6. The van der Waals surface area contributed by atoms with Crippen LogP contribution in [0.1, 0.15) is 59.9 Å². The zero-order chi connectivity index (χ0) is 31.0. The summed E-state index contributed by atoms with van der Waals surface area (Å²) < 4.78 is -0.753. The topological polar surface area (TPSA) is 81.2 Å². The number of amides is 3. The molecule has 3 saturated heterocycles. The van der Waals surface area contributed by atoms with Gasteiger partial charge in [-0.2, -0.15) is 0 Å². The first-order valence-corrected chi connectivity index (χ1v) is 16.2. The quantitative estimate of drug-likeness (QED) is 0.353. The van der Waals surface area contributed by atoms with Gasteiger partial charge < -0.3 is 19.8 Å². The van der Waals surface area contributed by atoms with Crippen molar-refractivity contribution in [3.63, 3.8) is 0 Å². The van der Waals surface area contributed by atoms with E-state index < -0.39 is 34.2 Å². The monoisotopic (exact) mass is 595 g/mol. The number of likely N-dealkylation sites (tertiary alicyclic amines) is 1. The molecule has 1 aromatic carbocycles. The number of rotatable bonds is 12. The Balaban J connectivity index is 1.83. The maximum atomic E-state index is 14.8. The van der Waals surface area contributed by atoms with Crippen LogP contribution in [-0.2, 0) is 20.9 Å². The summed E-state index contributed by atoms with van der Waals surface area (Å²) in [5.74, 6) is -1.49. The Hall–Kier alpha value is -2.58. The van der Waals surface area contributed by atoms with Crippen molar-refractivity contribution in [2.45, 2.75) is 88.5 Å². The van der Waals surface area contributed by atoms with Gasteiger partial charge in [0.2, 0.25) is 17.7 Å². The molecule has 230 valence electrons. The molecule has 3 unspecified atom stereocenters. The molecule has 0 aromatic heterocycles. The van der Waals surface area contributed by atoms with Gasteiger partial charge in [0, 0.05) is 30.4 Å². The largest absolute Gasteiger partial charge is 0.394 e. The van der Waals surface area contributed by atoms with E-state index >= 15 is 0 Å². The summed E-state index contributed by atoms with van der Waals surface area (Å²) in [7, 11) is 0. The van der Waals surface area contributed by atoms with Gasteiger partial charge in [-0.05, 0) is 44.6 Å². The minimum absolute atomic E-state index is 0.0195. The van der Waals surface area contributed by atoms with Crippen LogP contribution in [0.15, 0.2) is 55.6 Å². The first-order valence-electron chi connectivity index (χ1n) is 15.4. The molecule has 3 aliphatic heterocycles. The molecule has 8 heteroatoms. The molecule has 2 bridgehead atoms. The van der Waals surface area contributed by atoms with Crippen molar-refractivity contribution < 1.29 is 19.5 Å². The third-order valence-electron chi connectivity index (χ3n) is 9.81. The maximum Gasteiger partial charge on any atom is 0.247 e. The first kappa shape index (κ1) is 32.3. The molecule has 0 aliphatic carbocycles. The Kier molecular flexibility index (Phi) is 9.68. The minimum Gasteiger partial charge on any atom is -0.394 e. The van der Waals surface area contributed by atoms with Crippen molar-refractivity contribution in [3.8, 4) is 0 Å². The number of fused-ring (bicyclic) bond motifs is 1. The lowest BCUT2D eigenvalue weighted by Crippen LogP contribution is -2.62. The molecule has 3 heterocycles. The van der Waals surface area contributed by atoms with Gasteiger partial charge in [-0.1, -0.05) is 69.7 Å². The van der Waals surface area contributed by atoms with E-state index in [1.807, 2.05) is 69.9 Å². The fourth-order valence-corrected chi connectivity index (χ4v) is 9.96. The molecule has 7 nitrogen and oxygen atoms in total. The molecule has 1 N–H and O–H groups in total. The molecule has 4 rings (SSSR count). The Morgan fingerprint density at radius 2 is 1.81 bits per heavy atom. The van der Waals surface area contributed by atoms with Crippen molar-refractivity contribution in [3.05, 3.63) is 61.2 Å². The van der Waals surface area contributed by atoms with Crippen molar-refractivity contribution >= 4 is 29.5 Å². The van der Waals surface area contributed by atoms with Crippen LogP contribution < -0.4 is 0 Å². The van der Waals surface area contributed by atoms with Gasteiger partial charge in [-0.25, -0.2) is 0 Å². The predicted molar refractivity (Wildman–Crippen MR) is 170 cm³/mol. The van der Waals surface area contributed by atoms with Gasteiger partial charge in [0.05, 0.1) is 29.2 Å². The summed E-state index contributed by atoms with van der Waals surface area (Å²) in [4.78, 5) is 49.3. The number of carbonyl (C=O) groups excluding carboxylic acids is 3. The third-order valence-corrected chi connectivity index (χ3v) is 11.9. The van der Waals surface area contributed by atoms with E-state index in [-0.39, 0.29) is 41.4 Å². The highest BCUT2D eigenvalue weighted by molar-refractivity contribution is 8.02. The number of nitrogens with zero attached hydrogens (tertiary/aromatic N) is 3. The molecule has 3 amide bonds. The molecule has 3 fully saturated rings. The SMILES string of the molecule is C=CCN(Cc1ccccc1)C(=O)[C@@H]1[C@H]2C(=O)N([C@@H](CO)[C@@H](C)CC)C(C(=O)N(CC=C)C(C)(C)C)C23S[C@@H]1CC3C. The van der Waals surface area contributed by atoms with Crippen LogP contribution >= 0.6 is 11.8 Å². The normalized spacial score (nSPS) is 29.6. The lowest BCUT2D eigenvalue weighted by molar-refractivity contribution is -0.150. The maximum absolute atomic E-state index is 14.8. The first-order chi connectivity index (χ1) is 19.9. The Labute approximate surface area is 256 Å². The lowest BCUT2D eigenvalue weighted by Gasteiger charge is -2.45. The van der Waals surface area contributed by atoms with Crippen molar-refractivity contribution in [2.24, 2.45) is 23.7 Å². The molecule has 0 saturated carbocycles. The van der Waals surface area contributed by atoms with Gasteiger partial charge in [0.25, 0.3) is 0 Å². The fraction of sp³-hybridized carbons (Fsp3) is 0.618. The lowest BCUT2D eigenvalue weighted by atomic mass is 9.65. The van der Waals surface area contributed by atoms with Gasteiger partial charge >= 0.3 is 0 Å². The van der Waals surface area contributed by atoms with Crippen LogP contribution in [0.25, 0.3) is 0 Å². The van der Waals surface area contributed by atoms with E-state index in [1.54, 1.807) is 33.7 Å².